The number of nitrogens with zero attached hydrogens (tertiary/aromatic N) is 3. The van der Waals surface area contributed by atoms with Gasteiger partial charge in [0, 0.05) is 18.5 Å². The molecule has 0 amide bonds. The molecule has 0 aliphatic carbocycles. The highest BCUT2D eigenvalue weighted by atomic mass is 32.2. The number of hydrogen-bond donors (Lipinski definition) is 0. The molecule has 4 aromatic rings. The van der Waals surface area contributed by atoms with Crippen LogP contribution in [0.1, 0.15) is 26.5 Å². The molecule has 0 radical (unpaired) electrons. The lowest BCUT2D eigenvalue weighted by atomic mass is 10.2. The van der Waals surface area contributed by atoms with Gasteiger partial charge in [0.15, 0.2) is 4.80 Å². The van der Waals surface area contributed by atoms with Gasteiger partial charge >= 0.3 is 0 Å². The van der Waals surface area contributed by atoms with Crippen molar-refractivity contribution in [2.45, 2.75) is 32.2 Å². The molecule has 7 nitrogen and oxygen atoms in total. The van der Waals surface area contributed by atoms with Crippen molar-refractivity contribution in [2.75, 3.05) is 19.7 Å². The second-order valence-electron chi connectivity index (χ2n) is 7.72. The summed E-state index contributed by atoms with van der Waals surface area (Å²) in [5.41, 5.74) is 2.65. The van der Waals surface area contributed by atoms with Gasteiger partial charge in [-0.1, -0.05) is 26.0 Å². The van der Waals surface area contributed by atoms with Crippen LogP contribution in [0, 0.1) is 0 Å². The van der Waals surface area contributed by atoms with Crippen LogP contribution in [0.25, 0.3) is 11.3 Å². The van der Waals surface area contributed by atoms with Gasteiger partial charge in [-0.2, -0.15) is 4.31 Å². The summed E-state index contributed by atoms with van der Waals surface area (Å²) >= 11 is 1.52. The number of thiazole rings is 1. The van der Waals surface area contributed by atoms with E-state index < -0.39 is 10.0 Å². The molecule has 35 heavy (non-hydrogen) atoms. The Morgan fingerprint density at radius 3 is 2.31 bits per heavy atom. The highest BCUT2D eigenvalue weighted by molar-refractivity contribution is 7.89. The van der Waals surface area contributed by atoms with E-state index in [9.17, 15) is 8.42 Å². The van der Waals surface area contributed by atoms with Gasteiger partial charge in [-0.25, -0.2) is 13.4 Å². The fourth-order valence-electron chi connectivity index (χ4n) is 3.76. The number of rotatable bonds is 10. The van der Waals surface area contributed by atoms with E-state index >= 15 is 0 Å². The molecule has 0 saturated carbocycles. The minimum absolute atomic E-state index is 0.289. The van der Waals surface area contributed by atoms with Gasteiger partial charge in [-0.05, 0) is 61.0 Å². The molecule has 0 aliphatic heterocycles. The normalized spacial score (nSPS) is 12.4. The van der Waals surface area contributed by atoms with Crippen molar-refractivity contribution >= 4 is 27.0 Å². The molecular formula is C26H29N3O4S2. The molecule has 2 heterocycles. The van der Waals surface area contributed by atoms with Crippen LogP contribution >= 0.6 is 11.3 Å². The Balaban J connectivity index is 1.73. The van der Waals surface area contributed by atoms with Crippen LogP contribution in [0.3, 0.4) is 0 Å². The Labute approximate surface area is 210 Å². The minimum atomic E-state index is -3.51. The summed E-state index contributed by atoms with van der Waals surface area (Å²) in [4.78, 5) is 5.95. The Bertz CT molecular complexity index is 1400. The highest BCUT2D eigenvalue weighted by Crippen LogP contribution is 2.25. The van der Waals surface area contributed by atoms with Gasteiger partial charge in [0.1, 0.15) is 11.5 Å². The summed E-state index contributed by atoms with van der Waals surface area (Å²) < 4.78 is 40.4. The number of benzene rings is 2. The van der Waals surface area contributed by atoms with Crippen molar-refractivity contribution in [3.63, 3.8) is 0 Å². The summed E-state index contributed by atoms with van der Waals surface area (Å²) in [6, 6.07) is 18.5. The summed E-state index contributed by atoms with van der Waals surface area (Å²) in [5.74, 6) is 1.61. The van der Waals surface area contributed by atoms with Gasteiger partial charge in [0.25, 0.3) is 0 Å². The smallest absolute Gasteiger partial charge is 0.243 e. The molecular weight excluding hydrogens is 482 g/mol. The molecule has 0 N–H and O–H groups in total. The third-order valence-electron chi connectivity index (χ3n) is 5.56. The first-order valence-corrected chi connectivity index (χ1v) is 13.9. The van der Waals surface area contributed by atoms with Gasteiger partial charge in [0.2, 0.25) is 10.0 Å². The monoisotopic (exact) mass is 511 g/mol. The molecule has 0 unspecified atom stereocenters. The standard InChI is InChI=1S/C26H29N3O4S2/c1-4-28(5-2)35(30,31)24-15-9-20(10-16-24)25-19-34-26(29(25)18-23-8-7-17-33-23)27-21-11-13-22(14-12-21)32-6-3/h7-17,19H,4-6,18H2,1-3H3. The molecule has 2 aromatic carbocycles. The molecule has 0 atom stereocenters. The number of hydrogen-bond acceptors (Lipinski definition) is 6. The average molecular weight is 512 g/mol. The van der Waals surface area contributed by atoms with Crippen LogP contribution in [0.15, 0.2) is 86.6 Å². The zero-order chi connectivity index (χ0) is 24.8. The molecule has 0 aliphatic rings. The topological polar surface area (TPSA) is 77.0 Å². The van der Waals surface area contributed by atoms with Crippen molar-refractivity contribution in [1.82, 2.24) is 8.87 Å². The lowest BCUT2D eigenvalue weighted by molar-refractivity contribution is 0.340. The summed E-state index contributed by atoms with van der Waals surface area (Å²) in [6.45, 7) is 7.62. The van der Waals surface area contributed by atoms with E-state index in [1.165, 1.54) is 15.6 Å². The number of ether oxygens (including phenoxy) is 1. The van der Waals surface area contributed by atoms with Gasteiger partial charge in [-0.15, -0.1) is 11.3 Å². The predicted octanol–water partition coefficient (Wildman–Crippen LogP) is 5.52. The molecule has 0 spiro atoms. The lowest BCUT2D eigenvalue weighted by Crippen LogP contribution is -2.30. The van der Waals surface area contributed by atoms with Crippen molar-refractivity contribution < 1.29 is 17.6 Å². The molecule has 0 saturated heterocycles. The van der Waals surface area contributed by atoms with E-state index in [0.717, 1.165) is 33.3 Å². The third kappa shape index (κ3) is 5.58. The maximum absolute atomic E-state index is 12.9. The van der Waals surface area contributed by atoms with Crippen LogP contribution in [-0.2, 0) is 16.6 Å². The van der Waals surface area contributed by atoms with Crippen molar-refractivity contribution in [3.05, 3.63) is 82.9 Å². The van der Waals surface area contributed by atoms with Crippen LogP contribution < -0.4 is 9.54 Å². The van der Waals surface area contributed by atoms with Crippen LogP contribution in [0.2, 0.25) is 0 Å². The second kappa shape index (κ2) is 11.1. The molecule has 4 rings (SSSR count). The van der Waals surface area contributed by atoms with E-state index in [1.807, 2.05) is 74.7 Å². The van der Waals surface area contributed by atoms with Crippen molar-refractivity contribution in [3.8, 4) is 17.0 Å². The van der Waals surface area contributed by atoms with Gasteiger partial charge in [-0.3, -0.25) is 0 Å². The van der Waals surface area contributed by atoms with Crippen LogP contribution in [0.4, 0.5) is 5.69 Å². The Morgan fingerprint density at radius 2 is 1.71 bits per heavy atom. The largest absolute Gasteiger partial charge is 0.494 e. The lowest BCUT2D eigenvalue weighted by Gasteiger charge is -2.18. The first kappa shape index (κ1) is 25.0. The van der Waals surface area contributed by atoms with E-state index in [-0.39, 0.29) is 4.90 Å². The number of sulfonamides is 1. The quantitative estimate of drug-likeness (QED) is 0.281. The number of furan rings is 1. The zero-order valence-electron chi connectivity index (χ0n) is 20.0. The van der Waals surface area contributed by atoms with Crippen molar-refractivity contribution in [1.29, 1.82) is 0 Å². The second-order valence-corrected chi connectivity index (χ2v) is 10.5. The van der Waals surface area contributed by atoms with Crippen LogP contribution in [-0.4, -0.2) is 37.0 Å². The fraction of sp³-hybridized carbons (Fsp3) is 0.269. The summed E-state index contributed by atoms with van der Waals surface area (Å²) in [5, 5.41) is 2.03. The van der Waals surface area contributed by atoms with E-state index in [2.05, 4.69) is 4.57 Å². The zero-order valence-corrected chi connectivity index (χ0v) is 21.7. The summed E-state index contributed by atoms with van der Waals surface area (Å²) in [6.07, 6.45) is 1.65. The Kier molecular flexibility index (Phi) is 7.90. The SMILES string of the molecule is CCOc1ccc(N=c2scc(-c3ccc(S(=O)(=O)N(CC)CC)cc3)n2Cc2ccco2)cc1. The maximum Gasteiger partial charge on any atom is 0.243 e. The highest BCUT2D eigenvalue weighted by Gasteiger charge is 2.21. The summed E-state index contributed by atoms with van der Waals surface area (Å²) in [7, 11) is -3.51. The first-order chi connectivity index (χ1) is 17.0. The first-order valence-electron chi connectivity index (χ1n) is 11.5. The van der Waals surface area contributed by atoms with Crippen LogP contribution in [0.5, 0.6) is 5.75 Å². The fourth-order valence-corrected chi connectivity index (χ4v) is 6.15. The van der Waals surface area contributed by atoms with Crippen molar-refractivity contribution in [2.24, 2.45) is 4.99 Å². The maximum atomic E-state index is 12.9. The molecule has 2 aromatic heterocycles. The van der Waals surface area contributed by atoms with Gasteiger partial charge in [0.05, 0.1) is 35.7 Å². The number of aromatic nitrogens is 1. The predicted molar refractivity (Wildman–Crippen MR) is 138 cm³/mol. The minimum Gasteiger partial charge on any atom is -0.494 e. The molecule has 184 valence electrons. The molecule has 0 fully saturated rings. The Hall–Kier alpha value is -3.14. The molecule has 0 bridgehead atoms. The third-order valence-corrected chi connectivity index (χ3v) is 8.49. The van der Waals surface area contributed by atoms with E-state index in [0.29, 0.717) is 26.2 Å². The molecule has 9 heteroatoms. The van der Waals surface area contributed by atoms with E-state index in [4.69, 9.17) is 14.1 Å². The average Bonchev–Trinajstić information content (AvgIpc) is 3.52. The van der Waals surface area contributed by atoms with Gasteiger partial charge < -0.3 is 13.7 Å². The Morgan fingerprint density at radius 1 is 1.00 bits per heavy atom. The van der Waals surface area contributed by atoms with E-state index in [1.54, 1.807) is 18.4 Å².